The van der Waals surface area contributed by atoms with Gasteiger partial charge in [0.15, 0.2) is 0 Å². The number of fused-ring (bicyclic) bond motifs is 1. The first-order valence-corrected chi connectivity index (χ1v) is 7.42. The van der Waals surface area contributed by atoms with Gasteiger partial charge >= 0.3 is 0 Å². The van der Waals surface area contributed by atoms with Gasteiger partial charge in [-0.05, 0) is 24.5 Å². The Hall–Kier alpha value is -2.43. The molecule has 0 atom stereocenters. The maximum atomic E-state index is 12.3. The highest BCUT2D eigenvalue weighted by Gasteiger charge is 2.12. The first-order chi connectivity index (χ1) is 10.5. The van der Waals surface area contributed by atoms with Crippen LogP contribution < -0.4 is 10.6 Å². The zero-order valence-corrected chi connectivity index (χ0v) is 13.1. The Morgan fingerprint density at radius 2 is 2.00 bits per heavy atom. The van der Waals surface area contributed by atoms with Crippen molar-refractivity contribution in [2.45, 2.75) is 27.2 Å². The lowest BCUT2D eigenvalue weighted by Gasteiger charge is -2.11. The third-order valence-electron chi connectivity index (χ3n) is 3.33. The Bertz CT molecular complexity index is 695. The van der Waals surface area contributed by atoms with E-state index in [1.54, 1.807) is 24.4 Å². The number of hydrogen-bond donors (Lipinski definition) is 2. The molecule has 5 heteroatoms. The van der Waals surface area contributed by atoms with Crippen LogP contribution in [0.2, 0.25) is 0 Å². The number of rotatable bonds is 5. The third kappa shape index (κ3) is 3.81. The minimum atomic E-state index is -0.166. The van der Waals surface area contributed by atoms with E-state index in [4.69, 9.17) is 0 Å². The second-order valence-corrected chi connectivity index (χ2v) is 5.68. The quantitative estimate of drug-likeness (QED) is 0.891. The van der Waals surface area contributed by atoms with Crippen LogP contribution >= 0.6 is 0 Å². The molecule has 1 aromatic carbocycles. The highest BCUT2D eigenvalue weighted by molar-refractivity contribution is 6.09. The van der Waals surface area contributed by atoms with E-state index in [-0.39, 0.29) is 11.8 Å². The van der Waals surface area contributed by atoms with Crippen molar-refractivity contribution in [1.29, 1.82) is 0 Å². The van der Waals surface area contributed by atoms with Gasteiger partial charge in [-0.2, -0.15) is 0 Å². The van der Waals surface area contributed by atoms with Crippen LogP contribution in [0.4, 0.5) is 5.69 Å². The van der Waals surface area contributed by atoms with Crippen molar-refractivity contribution in [1.82, 2.24) is 10.3 Å². The molecule has 2 N–H and O–H groups in total. The molecular weight excluding hydrogens is 278 g/mol. The minimum Gasteiger partial charge on any atom is -0.352 e. The Kier molecular flexibility index (Phi) is 5.09. The summed E-state index contributed by atoms with van der Waals surface area (Å²) < 4.78 is 0. The van der Waals surface area contributed by atoms with E-state index in [1.165, 1.54) is 6.92 Å². The summed E-state index contributed by atoms with van der Waals surface area (Å²) >= 11 is 0. The normalized spacial score (nSPS) is 10.7. The average molecular weight is 299 g/mol. The van der Waals surface area contributed by atoms with Crippen molar-refractivity contribution in [3.63, 3.8) is 0 Å². The molecule has 0 aliphatic carbocycles. The van der Waals surface area contributed by atoms with Crippen molar-refractivity contribution >= 4 is 28.4 Å². The topological polar surface area (TPSA) is 71.1 Å². The highest BCUT2D eigenvalue weighted by atomic mass is 16.2. The molecule has 2 amide bonds. The van der Waals surface area contributed by atoms with Gasteiger partial charge in [0.2, 0.25) is 5.91 Å². The summed E-state index contributed by atoms with van der Waals surface area (Å²) in [5, 5.41) is 6.40. The molecule has 0 fully saturated rings. The minimum absolute atomic E-state index is 0.118. The van der Waals surface area contributed by atoms with Crippen LogP contribution in [0.3, 0.4) is 0 Å². The lowest BCUT2D eigenvalue weighted by molar-refractivity contribution is -0.114. The summed E-state index contributed by atoms with van der Waals surface area (Å²) in [5.74, 6) is 0.259. The molecule has 0 aliphatic rings. The van der Waals surface area contributed by atoms with E-state index in [9.17, 15) is 9.59 Å². The first kappa shape index (κ1) is 15.9. The molecule has 0 saturated heterocycles. The van der Waals surface area contributed by atoms with Crippen LogP contribution in [0.1, 0.15) is 37.6 Å². The maximum absolute atomic E-state index is 12.3. The molecule has 116 valence electrons. The van der Waals surface area contributed by atoms with Crippen molar-refractivity contribution in [3.05, 3.63) is 36.0 Å². The van der Waals surface area contributed by atoms with Crippen molar-refractivity contribution in [2.75, 3.05) is 11.9 Å². The molecule has 0 aliphatic heterocycles. The van der Waals surface area contributed by atoms with E-state index in [0.29, 0.717) is 29.2 Å². The van der Waals surface area contributed by atoms with Gasteiger partial charge in [0, 0.05) is 25.1 Å². The van der Waals surface area contributed by atoms with Crippen LogP contribution in [0.25, 0.3) is 10.9 Å². The van der Waals surface area contributed by atoms with Gasteiger partial charge in [0.1, 0.15) is 0 Å². The predicted molar refractivity (Wildman–Crippen MR) is 87.8 cm³/mol. The van der Waals surface area contributed by atoms with E-state index in [1.807, 2.05) is 6.07 Å². The number of anilines is 1. The largest absolute Gasteiger partial charge is 0.352 e. The summed E-state index contributed by atoms with van der Waals surface area (Å²) in [6, 6.07) is 7.12. The fourth-order valence-corrected chi connectivity index (χ4v) is 2.23. The van der Waals surface area contributed by atoms with Crippen molar-refractivity contribution in [3.8, 4) is 0 Å². The molecule has 0 radical (unpaired) electrons. The summed E-state index contributed by atoms with van der Waals surface area (Å²) in [5.41, 5.74) is 1.80. The van der Waals surface area contributed by atoms with Gasteiger partial charge in [-0.15, -0.1) is 0 Å². The lowest BCUT2D eigenvalue weighted by Crippen LogP contribution is -2.25. The molecule has 22 heavy (non-hydrogen) atoms. The fourth-order valence-electron chi connectivity index (χ4n) is 2.23. The van der Waals surface area contributed by atoms with E-state index in [0.717, 1.165) is 11.8 Å². The van der Waals surface area contributed by atoms with Crippen LogP contribution in [0, 0.1) is 5.92 Å². The van der Waals surface area contributed by atoms with E-state index >= 15 is 0 Å². The number of carbonyl (C=O) groups is 2. The van der Waals surface area contributed by atoms with Crippen LogP contribution in [-0.2, 0) is 4.79 Å². The zero-order chi connectivity index (χ0) is 16.1. The highest BCUT2D eigenvalue weighted by Crippen LogP contribution is 2.24. The molecule has 0 spiro atoms. The summed E-state index contributed by atoms with van der Waals surface area (Å²) in [6.07, 6.45) is 2.52. The second kappa shape index (κ2) is 7.02. The van der Waals surface area contributed by atoms with Crippen LogP contribution in [-0.4, -0.2) is 23.3 Å². The number of amides is 2. The molecule has 0 saturated carbocycles. The predicted octanol–water partition coefficient (Wildman–Crippen LogP) is 2.97. The number of pyridine rings is 1. The number of aromatic nitrogens is 1. The molecule has 2 aromatic rings. The number of hydrogen-bond acceptors (Lipinski definition) is 3. The smallest absolute Gasteiger partial charge is 0.252 e. The maximum Gasteiger partial charge on any atom is 0.252 e. The van der Waals surface area contributed by atoms with Gasteiger partial charge in [-0.1, -0.05) is 26.0 Å². The Morgan fingerprint density at radius 1 is 1.23 bits per heavy atom. The second-order valence-electron chi connectivity index (χ2n) is 5.68. The molecule has 1 aromatic heterocycles. The SMILES string of the molecule is CC(=O)Nc1cccc2c(C(=O)NCCC(C)C)ccnc12. The summed E-state index contributed by atoms with van der Waals surface area (Å²) in [4.78, 5) is 27.9. The number of carbonyl (C=O) groups excluding carboxylic acids is 2. The number of nitrogens with zero attached hydrogens (tertiary/aromatic N) is 1. The molecule has 0 unspecified atom stereocenters. The van der Waals surface area contributed by atoms with Gasteiger partial charge in [-0.3, -0.25) is 14.6 Å². The van der Waals surface area contributed by atoms with E-state index in [2.05, 4.69) is 29.5 Å². The standard InChI is InChI=1S/C17H21N3O2/c1-11(2)7-9-19-17(22)14-8-10-18-16-13(14)5-4-6-15(16)20-12(3)21/h4-6,8,10-11H,7,9H2,1-3H3,(H,19,22)(H,20,21). The first-order valence-electron chi connectivity index (χ1n) is 7.42. The van der Waals surface area contributed by atoms with Crippen LogP contribution in [0.5, 0.6) is 0 Å². The fraction of sp³-hybridized carbons (Fsp3) is 0.353. The monoisotopic (exact) mass is 299 g/mol. The Morgan fingerprint density at radius 3 is 2.68 bits per heavy atom. The Balaban J connectivity index is 2.31. The van der Waals surface area contributed by atoms with Crippen LogP contribution in [0.15, 0.2) is 30.5 Å². The molecular formula is C17H21N3O2. The molecule has 0 bridgehead atoms. The number of benzene rings is 1. The summed E-state index contributed by atoms with van der Waals surface area (Å²) in [7, 11) is 0. The van der Waals surface area contributed by atoms with Gasteiger partial charge in [0.25, 0.3) is 5.91 Å². The number of para-hydroxylation sites is 1. The third-order valence-corrected chi connectivity index (χ3v) is 3.33. The van der Waals surface area contributed by atoms with Crippen molar-refractivity contribution < 1.29 is 9.59 Å². The molecule has 5 nitrogen and oxygen atoms in total. The molecule has 2 rings (SSSR count). The number of nitrogens with one attached hydrogen (secondary N) is 2. The van der Waals surface area contributed by atoms with Crippen molar-refractivity contribution in [2.24, 2.45) is 5.92 Å². The lowest BCUT2D eigenvalue weighted by atomic mass is 10.1. The average Bonchev–Trinajstić information content (AvgIpc) is 2.46. The Labute approximate surface area is 130 Å². The van der Waals surface area contributed by atoms with E-state index < -0.39 is 0 Å². The van der Waals surface area contributed by atoms with Gasteiger partial charge in [-0.25, -0.2) is 0 Å². The molecule has 1 heterocycles. The summed E-state index contributed by atoms with van der Waals surface area (Å²) in [6.45, 7) is 6.33. The van der Waals surface area contributed by atoms with Gasteiger partial charge < -0.3 is 10.6 Å². The zero-order valence-electron chi connectivity index (χ0n) is 13.1. The van der Waals surface area contributed by atoms with Gasteiger partial charge in [0.05, 0.1) is 16.8 Å².